The number of nitrogens with zero attached hydrogens (tertiary/aromatic N) is 2. The molecule has 1 N–H and O–H groups in total. The number of nitrogens with one attached hydrogen (secondary N) is 1. The van der Waals surface area contributed by atoms with Gasteiger partial charge in [0.1, 0.15) is 6.54 Å². The minimum atomic E-state index is -0.507. The molecule has 0 aliphatic carbocycles. The van der Waals surface area contributed by atoms with Gasteiger partial charge in [-0.1, -0.05) is 24.3 Å². The average molecular weight is 331 g/mol. The van der Waals surface area contributed by atoms with E-state index < -0.39 is 17.2 Å². The maximum atomic E-state index is 12.5. The number of hydrogen-bond acceptors (Lipinski definition) is 4. The summed E-state index contributed by atoms with van der Waals surface area (Å²) >= 11 is 0. The molecule has 2 rings (SSSR count). The smallest absolute Gasteiger partial charge is 0.331 e. The third-order valence-corrected chi connectivity index (χ3v) is 3.67. The Hall–Kier alpha value is -2.67. The highest BCUT2D eigenvalue weighted by atomic mass is 16.5. The summed E-state index contributed by atoms with van der Waals surface area (Å²) < 4.78 is 7.19. The lowest BCUT2D eigenvalue weighted by Gasteiger charge is -2.11. The molecule has 7 nitrogen and oxygen atoms in total. The summed E-state index contributed by atoms with van der Waals surface area (Å²) in [7, 11) is 1.53. The Kier molecular flexibility index (Phi) is 6.08. The highest BCUT2D eigenvalue weighted by Crippen LogP contribution is 2.07. The molecule has 24 heavy (non-hydrogen) atoms. The number of benzene rings is 1. The van der Waals surface area contributed by atoms with Gasteiger partial charge in [-0.15, -0.1) is 0 Å². The summed E-state index contributed by atoms with van der Waals surface area (Å²) in [6.07, 6.45) is 1.45. The molecule has 2 aromatic rings. The molecule has 1 aromatic carbocycles. The third kappa shape index (κ3) is 4.42. The number of rotatable bonds is 7. The first-order chi connectivity index (χ1) is 11.5. The van der Waals surface area contributed by atoms with Gasteiger partial charge >= 0.3 is 5.69 Å². The zero-order valence-corrected chi connectivity index (χ0v) is 13.8. The Morgan fingerprint density at radius 1 is 1.21 bits per heavy atom. The van der Waals surface area contributed by atoms with E-state index in [2.05, 4.69) is 5.32 Å². The topological polar surface area (TPSA) is 82.3 Å². The Morgan fingerprint density at radius 3 is 2.67 bits per heavy atom. The van der Waals surface area contributed by atoms with Crippen molar-refractivity contribution in [2.75, 3.05) is 20.3 Å². The van der Waals surface area contributed by atoms with E-state index >= 15 is 0 Å². The van der Waals surface area contributed by atoms with Crippen molar-refractivity contribution >= 4 is 5.91 Å². The molecule has 0 spiro atoms. The van der Waals surface area contributed by atoms with Gasteiger partial charge in [0, 0.05) is 25.9 Å². The van der Waals surface area contributed by atoms with Crippen LogP contribution in [0, 0.1) is 6.92 Å². The molecule has 0 fully saturated rings. The van der Waals surface area contributed by atoms with Crippen LogP contribution in [0.5, 0.6) is 0 Å². The van der Waals surface area contributed by atoms with Gasteiger partial charge in [0.05, 0.1) is 13.2 Å². The summed E-state index contributed by atoms with van der Waals surface area (Å²) in [5.41, 5.74) is 1.03. The second kappa shape index (κ2) is 8.26. The fourth-order valence-corrected chi connectivity index (χ4v) is 2.29. The van der Waals surface area contributed by atoms with Gasteiger partial charge < -0.3 is 10.1 Å². The van der Waals surface area contributed by atoms with Crippen molar-refractivity contribution in [3.05, 3.63) is 68.5 Å². The van der Waals surface area contributed by atoms with Crippen molar-refractivity contribution in [2.24, 2.45) is 0 Å². The first kappa shape index (κ1) is 17.7. The second-order valence-corrected chi connectivity index (χ2v) is 5.42. The number of aryl methyl sites for hydroxylation is 1. The van der Waals surface area contributed by atoms with Crippen molar-refractivity contribution in [2.45, 2.75) is 20.0 Å². The Morgan fingerprint density at radius 2 is 1.96 bits per heavy atom. The first-order valence-electron chi connectivity index (χ1n) is 7.63. The minimum absolute atomic E-state index is 0.310. The summed E-state index contributed by atoms with van der Waals surface area (Å²) in [5.74, 6) is -0.403. The van der Waals surface area contributed by atoms with E-state index in [1.54, 1.807) is 0 Å². The molecule has 0 saturated carbocycles. The van der Waals surface area contributed by atoms with Crippen LogP contribution in [0.1, 0.15) is 11.1 Å². The zero-order valence-electron chi connectivity index (χ0n) is 13.8. The third-order valence-electron chi connectivity index (χ3n) is 3.67. The second-order valence-electron chi connectivity index (χ2n) is 5.42. The summed E-state index contributed by atoms with van der Waals surface area (Å²) in [5, 5.41) is 2.59. The fraction of sp³-hybridized carbons (Fsp3) is 0.353. The van der Waals surface area contributed by atoms with Crippen LogP contribution in [0.4, 0.5) is 0 Å². The van der Waals surface area contributed by atoms with Crippen molar-refractivity contribution in [3.63, 3.8) is 0 Å². The number of carbonyl (C=O) groups is 1. The van der Waals surface area contributed by atoms with Crippen LogP contribution < -0.4 is 16.6 Å². The van der Waals surface area contributed by atoms with Crippen LogP contribution in [-0.2, 0) is 22.6 Å². The predicted octanol–water partition coefficient (Wildman–Crippen LogP) is 0.129. The van der Waals surface area contributed by atoms with Gasteiger partial charge in [0.15, 0.2) is 0 Å². The molecule has 0 radical (unpaired) electrons. The maximum Gasteiger partial charge on any atom is 0.331 e. The molecular weight excluding hydrogens is 310 g/mol. The van der Waals surface area contributed by atoms with Crippen LogP contribution in [0.3, 0.4) is 0 Å². The molecular formula is C17H21N3O4. The highest BCUT2D eigenvalue weighted by molar-refractivity contribution is 5.75. The van der Waals surface area contributed by atoms with E-state index in [4.69, 9.17) is 4.74 Å². The van der Waals surface area contributed by atoms with Gasteiger partial charge in [-0.3, -0.25) is 18.7 Å². The summed E-state index contributed by atoms with van der Waals surface area (Å²) in [6.45, 7) is 2.69. The molecule has 1 amide bonds. The van der Waals surface area contributed by atoms with E-state index in [9.17, 15) is 14.4 Å². The van der Waals surface area contributed by atoms with E-state index in [1.165, 1.54) is 23.9 Å². The number of carbonyl (C=O) groups excluding carboxylic acids is 1. The monoisotopic (exact) mass is 331 g/mol. The fourth-order valence-electron chi connectivity index (χ4n) is 2.29. The van der Waals surface area contributed by atoms with Gasteiger partial charge in [-0.05, 0) is 18.1 Å². The van der Waals surface area contributed by atoms with Gasteiger partial charge in [-0.25, -0.2) is 4.79 Å². The van der Waals surface area contributed by atoms with Crippen molar-refractivity contribution < 1.29 is 9.53 Å². The molecule has 128 valence electrons. The zero-order chi connectivity index (χ0) is 17.5. The van der Waals surface area contributed by atoms with E-state index in [0.29, 0.717) is 19.7 Å². The SMILES string of the molecule is COCCNC(=O)Cn1c(=O)ccn(Cc2ccccc2C)c1=O. The molecule has 1 aromatic heterocycles. The normalized spacial score (nSPS) is 10.6. The quantitative estimate of drug-likeness (QED) is 0.731. The van der Waals surface area contributed by atoms with E-state index in [-0.39, 0.29) is 6.54 Å². The molecule has 0 aliphatic heterocycles. The molecule has 0 bridgehead atoms. The van der Waals surface area contributed by atoms with Crippen molar-refractivity contribution in [1.82, 2.24) is 14.5 Å². The molecule has 0 atom stereocenters. The van der Waals surface area contributed by atoms with Crippen LogP contribution in [0.2, 0.25) is 0 Å². The lowest BCUT2D eigenvalue weighted by atomic mass is 10.1. The number of aromatic nitrogens is 2. The van der Waals surface area contributed by atoms with E-state index in [0.717, 1.165) is 15.7 Å². The summed E-state index contributed by atoms with van der Waals surface area (Å²) in [4.78, 5) is 36.3. The minimum Gasteiger partial charge on any atom is -0.383 e. The number of methoxy groups -OCH3 is 1. The largest absolute Gasteiger partial charge is 0.383 e. The Labute approximate surface area is 139 Å². The molecule has 0 aliphatic rings. The van der Waals surface area contributed by atoms with Gasteiger partial charge in [-0.2, -0.15) is 0 Å². The standard InChI is InChI=1S/C17H21N3O4/c1-13-5-3-4-6-14(13)11-19-9-7-16(22)20(17(19)23)12-15(21)18-8-10-24-2/h3-7,9H,8,10-12H2,1-2H3,(H,18,21). The molecule has 0 saturated heterocycles. The molecule has 0 unspecified atom stereocenters. The van der Waals surface area contributed by atoms with E-state index in [1.807, 2.05) is 31.2 Å². The number of amides is 1. The number of hydrogen-bond donors (Lipinski definition) is 1. The van der Waals surface area contributed by atoms with Crippen molar-refractivity contribution in [3.8, 4) is 0 Å². The molecule has 7 heteroatoms. The lowest BCUT2D eigenvalue weighted by Crippen LogP contribution is -2.43. The lowest BCUT2D eigenvalue weighted by molar-refractivity contribution is -0.122. The first-order valence-corrected chi connectivity index (χ1v) is 7.63. The average Bonchev–Trinajstić information content (AvgIpc) is 2.56. The van der Waals surface area contributed by atoms with Crippen LogP contribution in [-0.4, -0.2) is 35.3 Å². The van der Waals surface area contributed by atoms with Crippen LogP contribution in [0.25, 0.3) is 0 Å². The molecule has 1 heterocycles. The Bertz CT molecular complexity index is 823. The summed E-state index contributed by atoms with van der Waals surface area (Å²) in [6, 6.07) is 9.00. The van der Waals surface area contributed by atoms with Gasteiger partial charge in [0.25, 0.3) is 5.56 Å². The predicted molar refractivity (Wildman–Crippen MR) is 90.1 cm³/mol. The maximum absolute atomic E-state index is 12.5. The van der Waals surface area contributed by atoms with Crippen LogP contribution in [0.15, 0.2) is 46.1 Å². The van der Waals surface area contributed by atoms with Crippen LogP contribution >= 0.6 is 0 Å². The number of ether oxygens (including phenoxy) is 1. The van der Waals surface area contributed by atoms with Crippen molar-refractivity contribution in [1.29, 1.82) is 0 Å². The van der Waals surface area contributed by atoms with Gasteiger partial charge in [0.2, 0.25) is 5.91 Å². The Balaban J connectivity index is 2.21. The highest BCUT2D eigenvalue weighted by Gasteiger charge is 2.10.